The van der Waals surface area contributed by atoms with Crippen LogP contribution in [0.15, 0.2) is 34.9 Å². The van der Waals surface area contributed by atoms with Crippen LogP contribution in [-0.2, 0) is 0 Å². The van der Waals surface area contributed by atoms with E-state index in [2.05, 4.69) is 5.32 Å². The Balaban J connectivity index is 2.27. The minimum Gasteiger partial charge on any atom is -0.464 e. The molecule has 0 fully saturated rings. The Morgan fingerprint density at radius 2 is 2.20 bits per heavy atom. The lowest BCUT2D eigenvalue weighted by molar-refractivity contribution is 0.580. The molecule has 0 amide bonds. The summed E-state index contributed by atoms with van der Waals surface area (Å²) in [5, 5.41) is 4.22. The zero-order valence-corrected chi connectivity index (χ0v) is 8.86. The Hall–Kier alpha value is -1.32. The summed E-state index contributed by atoms with van der Waals surface area (Å²) in [5.41, 5.74) is 8.10. The number of hydrogen-bond acceptors (Lipinski definition) is 3. The van der Waals surface area contributed by atoms with Gasteiger partial charge < -0.3 is 15.5 Å². The van der Waals surface area contributed by atoms with E-state index in [0.29, 0.717) is 0 Å². The van der Waals surface area contributed by atoms with E-state index in [1.165, 1.54) is 0 Å². The van der Waals surface area contributed by atoms with Crippen LogP contribution in [0.3, 0.4) is 0 Å². The van der Waals surface area contributed by atoms with Crippen LogP contribution in [0.4, 0.5) is 0 Å². The van der Waals surface area contributed by atoms with E-state index in [1.807, 2.05) is 31.3 Å². The van der Waals surface area contributed by atoms with Gasteiger partial charge in [0.25, 0.3) is 0 Å². The molecule has 2 rings (SSSR count). The maximum Gasteiger partial charge on any atom is 0.134 e. The second-order valence-corrected chi connectivity index (χ2v) is 3.69. The molecule has 1 aromatic heterocycles. The number of fused-ring (bicyclic) bond motifs is 1. The molecule has 0 aliphatic rings. The van der Waals surface area contributed by atoms with Crippen molar-refractivity contribution in [2.45, 2.75) is 12.5 Å². The maximum atomic E-state index is 6.09. The molecule has 0 saturated heterocycles. The molecule has 1 aromatic carbocycles. The highest BCUT2D eigenvalue weighted by molar-refractivity contribution is 5.81. The number of furan rings is 1. The zero-order chi connectivity index (χ0) is 10.7. The van der Waals surface area contributed by atoms with Gasteiger partial charge in [0.1, 0.15) is 5.58 Å². The number of nitrogens with two attached hydrogens (primary N) is 1. The van der Waals surface area contributed by atoms with Crippen molar-refractivity contribution in [1.29, 1.82) is 0 Å². The Kier molecular flexibility index (Phi) is 3.04. The van der Waals surface area contributed by atoms with E-state index >= 15 is 0 Å². The lowest BCUT2D eigenvalue weighted by Gasteiger charge is -2.08. The average molecular weight is 204 g/mol. The molecule has 0 aliphatic carbocycles. The first-order valence-electron chi connectivity index (χ1n) is 5.19. The van der Waals surface area contributed by atoms with Crippen LogP contribution in [-0.4, -0.2) is 13.6 Å². The smallest absolute Gasteiger partial charge is 0.134 e. The van der Waals surface area contributed by atoms with E-state index in [4.69, 9.17) is 10.2 Å². The standard InChI is InChI=1S/C12H16N2O/c1-14-7-6-11(13)10-8-15-12-5-3-2-4-9(10)12/h2-5,8,11,14H,6-7,13H2,1H3. The molecular weight excluding hydrogens is 188 g/mol. The third-order valence-corrected chi connectivity index (χ3v) is 2.62. The summed E-state index contributed by atoms with van der Waals surface area (Å²) < 4.78 is 5.45. The highest BCUT2D eigenvalue weighted by Gasteiger charge is 2.11. The van der Waals surface area contributed by atoms with Crippen molar-refractivity contribution in [2.24, 2.45) is 5.73 Å². The van der Waals surface area contributed by atoms with Gasteiger partial charge in [-0.2, -0.15) is 0 Å². The average Bonchev–Trinajstić information content (AvgIpc) is 2.69. The summed E-state index contributed by atoms with van der Waals surface area (Å²) in [5.74, 6) is 0. The summed E-state index contributed by atoms with van der Waals surface area (Å²) in [6.45, 7) is 0.917. The summed E-state index contributed by atoms with van der Waals surface area (Å²) in [7, 11) is 1.93. The second-order valence-electron chi connectivity index (χ2n) is 3.69. The normalized spacial score (nSPS) is 13.2. The molecule has 0 aliphatic heterocycles. The Morgan fingerprint density at radius 1 is 1.40 bits per heavy atom. The fraction of sp³-hybridized carbons (Fsp3) is 0.333. The second kappa shape index (κ2) is 4.47. The third kappa shape index (κ3) is 2.03. The molecular formula is C12H16N2O. The largest absolute Gasteiger partial charge is 0.464 e. The molecule has 15 heavy (non-hydrogen) atoms. The van der Waals surface area contributed by atoms with Crippen LogP contribution < -0.4 is 11.1 Å². The van der Waals surface area contributed by atoms with Crippen LogP contribution in [0.2, 0.25) is 0 Å². The Morgan fingerprint density at radius 3 is 3.00 bits per heavy atom. The topological polar surface area (TPSA) is 51.2 Å². The Labute approximate surface area is 89.3 Å². The molecule has 0 radical (unpaired) electrons. The maximum absolute atomic E-state index is 6.09. The lowest BCUT2D eigenvalue weighted by atomic mass is 10.0. The number of rotatable bonds is 4. The van der Waals surface area contributed by atoms with E-state index in [9.17, 15) is 0 Å². The number of hydrogen-bond donors (Lipinski definition) is 2. The summed E-state index contributed by atoms with van der Waals surface area (Å²) >= 11 is 0. The van der Waals surface area contributed by atoms with Gasteiger partial charge in [-0.1, -0.05) is 18.2 Å². The van der Waals surface area contributed by atoms with Gasteiger partial charge in [0.15, 0.2) is 0 Å². The van der Waals surface area contributed by atoms with Crippen molar-refractivity contribution in [1.82, 2.24) is 5.32 Å². The number of benzene rings is 1. The van der Waals surface area contributed by atoms with Gasteiger partial charge in [0.05, 0.1) is 6.26 Å². The van der Waals surface area contributed by atoms with Gasteiger partial charge in [-0.15, -0.1) is 0 Å². The molecule has 3 N–H and O–H groups in total. The predicted molar refractivity (Wildman–Crippen MR) is 61.7 cm³/mol. The first-order valence-corrected chi connectivity index (χ1v) is 5.19. The van der Waals surface area contributed by atoms with Crippen LogP contribution in [0.25, 0.3) is 11.0 Å². The molecule has 3 nitrogen and oxygen atoms in total. The molecule has 1 atom stereocenters. The molecule has 0 saturated carbocycles. The molecule has 1 heterocycles. The zero-order valence-electron chi connectivity index (χ0n) is 8.86. The predicted octanol–water partition coefficient (Wildman–Crippen LogP) is 2.04. The number of nitrogens with one attached hydrogen (secondary N) is 1. The molecule has 0 spiro atoms. The fourth-order valence-corrected chi connectivity index (χ4v) is 1.74. The highest BCUT2D eigenvalue weighted by atomic mass is 16.3. The van der Waals surface area contributed by atoms with E-state index < -0.39 is 0 Å². The Bertz CT molecular complexity index is 436. The van der Waals surface area contributed by atoms with Crippen molar-refractivity contribution in [3.8, 4) is 0 Å². The molecule has 1 unspecified atom stereocenters. The van der Waals surface area contributed by atoms with Crippen molar-refractivity contribution in [3.05, 3.63) is 36.1 Å². The summed E-state index contributed by atoms with van der Waals surface area (Å²) in [6.07, 6.45) is 2.69. The van der Waals surface area contributed by atoms with Crippen molar-refractivity contribution >= 4 is 11.0 Å². The minimum atomic E-state index is 0.0427. The molecule has 2 aromatic rings. The molecule has 0 bridgehead atoms. The van der Waals surface area contributed by atoms with Crippen LogP contribution in [0.1, 0.15) is 18.0 Å². The fourth-order valence-electron chi connectivity index (χ4n) is 1.74. The monoisotopic (exact) mass is 204 g/mol. The van der Waals surface area contributed by atoms with Gasteiger partial charge in [-0.3, -0.25) is 0 Å². The third-order valence-electron chi connectivity index (χ3n) is 2.62. The van der Waals surface area contributed by atoms with E-state index in [1.54, 1.807) is 6.26 Å². The first kappa shape index (κ1) is 10.2. The van der Waals surface area contributed by atoms with E-state index in [-0.39, 0.29) is 6.04 Å². The van der Waals surface area contributed by atoms with Crippen LogP contribution >= 0.6 is 0 Å². The quantitative estimate of drug-likeness (QED) is 0.801. The van der Waals surface area contributed by atoms with Gasteiger partial charge in [-0.05, 0) is 26.1 Å². The molecule has 80 valence electrons. The highest BCUT2D eigenvalue weighted by Crippen LogP contribution is 2.26. The summed E-state index contributed by atoms with van der Waals surface area (Å²) in [4.78, 5) is 0. The van der Waals surface area contributed by atoms with Crippen molar-refractivity contribution in [2.75, 3.05) is 13.6 Å². The van der Waals surface area contributed by atoms with Crippen LogP contribution in [0.5, 0.6) is 0 Å². The number of para-hydroxylation sites is 1. The van der Waals surface area contributed by atoms with Gasteiger partial charge >= 0.3 is 0 Å². The van der Waals surface area contributed by atoms with Gasteiger partial charge in [0, 0.05) is 17.0 Å². The first-order chi connectivity index (χ1) is 7.33. The molecule has 3 heteroatoms. The SMILES string of the molecule is CNCCC(N)c1coc2ccccc12. The van der Waals surface area contributed by atoms with Gasteiger partial charge in [0.2, 0.25) is 0 Å². The minimum absolute atomic E-state index is 0.0427. The van der Waals surface area contributed by atoms with Crippen molar-refractivity contribution in [3.63, 3.8) is 0 Å². The van der Waals surface area contributed by atoms with E-state index in [0.717, 1.165) is 29.5 Å². The van der Waals surface area contributed by atoms with Gasteiger partial charge in [-0.25, -0.2) is 0 Å². The van der Waals surface area contributed by atoms with Crippen LogP contribution in [0, 0.1) is 0 Å². The van der Waals surface area contributed by atoms with Crippen molar-refractivity contribution < 1.29 is 4.42 Å². The summed E-state index contributed by atoms with van der Waals surface area (Å²) in [6, 6.07) is 8.03. The lowest BCUT2D eigenvalue weighted by Crippen LogP contribution is -2.17.